The summed E-state index contributed by atoms with van der Waals surface area (Å²) in [5.74, 6) is 0. The number of thiophene rings is 2. The predicted octanol–water partition coefficient (Wildman–Crippen LogP) is 4.17. The van der Waals surface area contributed by atoms with Crippen molar-refractivity contribution in [3.8, 4) is 12.1 Å². The van der Waals surface area contributed by atoms with Crippen LogP contribution in [0.4, 0.5) is 10.0 Å². The zero-order chi connectivity index (χ0) is 19.1. The van der Waals surface area contributed by atoms with Crippen LogP contribution in [0.5, 0.6) is 0 Å². The molecule has 0 aromatic carbocycles. The standard InChI is InChI=1S/C18H18N6S2/c1-23(2)11-21-17-13(9-19)7-15(25-17)5-6-16-8-14(10-20)18(26-16)22-12-24(3)4/h5-8,11-12H,1-4H3/b6-5+,21-11+,22-12+. The van der Waals surface area contributed by atoms with Gasteiger partial charge in [-0.15, -0.1) is 22.7 Å². The van der Waals surface area contributed by atoms with Gasteiger partial charge in [0.1, 0.15) is 22.1 Å². The molecule has 0 saturated heterocycles. The van der Waals surface area contributed by atoms with Gasteiger partial charge in [0.15, 0.2) is 0 Å². The molecule has 0 aliphatic heterocycles. The zero-order valence-corrected chi connectivity index (χ0v) is 16.6. The summed E-state index contributed by atoms with van der Waals surface area (Å²) >= 11 is 2.89. The number of rotatable bonds is 6. The molecule has 0 aliphatic carbocycles. The summed E-state index contributed by atoms with van der Waals surface area (Å²) in [6.07, 6.45) is 7.19. The maximum absolute atomic E-state index is 9.25. The van der Waals surface area contributed by atoms with E-state index in [2.05, 4.69) is 22.1 Å². The van der Waals surface area contributed by atoms with Gasteiger partial charge < -0.3 is 9.80 Å². The molecule has 0 unspecified atom stereocenters. The average molecular weight is 383 g/mol. The molecule has 0 radical (unpaired) electrons. The molecule has 0 N–H and O–H groups in total. The van der Waals surface area contributed by atoms with Crippen LogP contribution in [0.25, 0.3) is 12.2 Å². The number of hydrogen-bond acceptors (Lipinski definition) is 6. The van der Waals surface area contributed by atoms with Crippen LogP contribution >= 0.6 is 22.7 Å². The first-order valence-electron chi connectivity index (χ1n) is 7.60. The van der Waals surface area contributed by atoms with Crippen LogP contribution < -0.4 is 0 Å². The van der Waals surface area contributed by atoms with E-state index in [1.165, 1.54) is 22.7 Å². The molecule has 0 atom stereocenters. The molecule has 8 heteroatoms. The van der Waals surface area contributed by atoms with E-state index in [0.717, 1.165) is 9.75 Å². The van der Waals surface area contributed by atoms with Crippen LogP contribution in [-0.2, 0) is 0 Å². The van der Waals surface area contributed by atoms with E-state index >= 15 is 0 Å². The Morgan fingerprint density at radius 2 is 1.19 bits per heavy atom. The van der Waals surface area contributed by atoms with Gasteiger partial charge in [-0.25, -0.2) is 9.98 Å². The Morgan fingerprint density at radius 3 is 1.50 bits per heavy atom. The maximum Gasteiger partial charge on any atom is 0.136 e. The summed E-state index contributed by atoms with van der Waals surface area (Å²) in [6, 6.07) is 7.96. The molecular formula is C18H18N6S2. The molecule has 0 amide bonds. The highest BCUT2D eigenvalue weighted by molar-refractivity contribution is 7.17. The number of aliphatic imine (C=N–C) groups is 2. The Bertz CT molecular complexity index is 856. The molecule has 132 valence electrons. The lowest BCUT2D eigenvalue weighted by Gasteiger charge is -2.00. The van der Waals surface area contributed by atoms with E-state index in [1.807, 2.05) is 62.3 Å². The summed E-state index contributed by atoms with van der Waals surface area (Å²) in [7, 11) is 7.52. The third kappa shape index (κ3) is 5.28. The fourth-order valence-corrected chi connectivity index (χ4v) is 3.52. The second-order valence-electron chi connectivity index (χ2n) is 5.71. The van der Waals surface area contributed by atoms with E-state index in [1.54, 1.807) is 12.7 Å². The molecule has 2 aromatic rings. The molecule has 0 saturated carbocycles. The highest BCUT2D eigenvalue weighted by Gasteiger charge is 2.08. The quantitative estimate of drug-likeness (QED) is 0.555. The van der Waals surface area contributed by atoms with Crippen molar-refractivity contribution in [1.29, 1.82) is 10.5 Å². The Kier molecular flexibility index (Phi) is 6.67. The van der Waals surface area contributed by atoms with Gasteiger partial charge in [-0.1, -0.05) is 0 Å². The van der Waals surface area contributed by atoms with E-state index in [-0.39, 0.29) is 0 Å². The minimum absolute atomic E-state index is 0.549. The van der Waals surface area contributed by atoms with Crippen LogP contribution in [-0.4, -0.2) is 50.7 Å². The van der Waals surface area contributed by atoms with Gasteiger partial charge in [-0.2, -0.15) is 10.5 Å². The van der Waals surface area contributed by atoms with Crippen LogP contribution in [0.1, 0.15) is 20.9 Å². The smallest absolute Gasteiger partial charge is 0.136 e. The molecular weight excluding hydrogens is 364 g/mol. The Morgan fingerprint density at radius 1 is 0.808 bits per heavy atom. The molecule has 2 heterocycles. The molecule has 2 aromatic heterocycles. The van der Waals surface area contributed by atoms with Crippen molar-refractivity contribution in [2.45, 2.75) is 0 Å². The molecule has 2 rings (SSSR count). The predicted molar refractivity (Wildman–Crippen MR) is 111 cm³/mol. The van der Waals surface area contributed by atoms with Crippen LogP contribution in [0.2, 0.25) is 0 Å². The monoisotopic (exact) mass is 382 g/mol. The maximum atomic E-state index is 9.25. The second kappa shape index (κ2) is 8.95. The van der Waals surface area contributed by atoms with E-state index in [0.29, 0.717) is 21.1 Å². The first-order chi connectivity index (χ1) is 12.4. The second-order valence-corrected chi connectivity index (χ2v) is 7.83. The molecule has 0 bridgehead atoms. The average Bonchev–Trinajstić information content (AvgIpc) is 3.19. The molecule has 6 nitrogen and oxygen atoms in total. The van der Waals surface area contributed by atoms with Crippen molar-refractivity contribution in [3.63, 3.8) is 0 Å². The highest BCUT2D eigenvalue weighted by Crippen LogP contribution is 2.34. The molecule has 26 heavy (non-hydrogen) atoms. The van der Waals surface area contributed by atoms with Gasteiger partial charge in [0, 0.05) is 37.9 Å². The minimum atomic E-state index is 0.549. The lowest BCUT2D eigenvalue weighted by atomic mass is 10.3. The van der Waals surface area contributed by atoms with Crippen molar-refractivity contribution in [2.75, 3.05) is 28.2 Å². The molecule has 0 aliphatic rings. The van der Waals surface area contributed by atoms with Crippen LogP contribution in [0.3, 0.4) is 0 Å². The van der Waals surface area contributed by atoms with Gasteiger partial charge in [-0.3, -0.25) is 0 Å². The van der Waals surface area contributed by atoms with Crippen molar-refractivity contribution in [1.82, 2.24) is 9.80 Å². The van der Waals surface area contributed by atoms with Crippen LogP contribution in [0.15, 0.2) is 22.1 Å². The summed E-state index contributed by atoms with van der Waals surface area (Å²) < 4.78 is 0. The van der Waals surface area contributed by atoms with Crippen LogP contribution in [0, 0.1) is 22.7 Å². The third-order valence-electron chi connectivity index (χ3n) is 2.93. The fourth-order valence-electron chi connectivity index (χ4n) is 1.82. The lowest BCUT2D eigenvalue weighted by molar-refractivity contribution is 0.643. The first-order valence-corrected chi connectivity index (χ1v) is 9.23. The van der Waals surface area contributed by atoms with E-state index < -0.39 is 0 Å². The van der Waals surface area contributed by atoms with Crippen molar-refractivity contribution in [3.05, 3.63) is 33.0 Å². The summed E-state index contributed by atoms with van der Waals surface area (Å²) in [5, 5.41) is 19.9. The van der Waals surface area contributed by atoms with Gasteiger partial charge in [0.05, 0.1) is 23.8 Å². The largest absolute Gasteiger partial charge is 0.369 e. The molecule has 0 fully saturated rings. The third-order valence-corrected chi connectivity index (χ3v) is 4.94. The number of nitriles is 2. The van der Waals surface area contributed by atoms with Gasteiger partial charge in [-0.05, 0) is 24.3 Å². The summed E-state index contributed by atoms with van der Waals surface area (Å²) in [4.78, 5) is 14.1. The summed E-state index contributed by atoms with van der Waals surface area (Å²) in [6.45, 7) is 0. The summed E-state index contributed by atoms with van der Waals surface area (Å²) in [5.41, 5.74) is 1.10. The minimum Gasteiger partial charge on any atom is -0.369 e. The molecule has 0 spiro atoms. The number of hydrogen-bond donors (Lipinski definition) is 0. The topological polar surface area (TPSA) is 78.8 Å². The van der Waals surface area contributed by atoms with E-state index in [4.69, 9.17) is 0 Å². The lowest BCUT2D eigenvalue weighted by Crippen LogP contribution is -2.06. The SMILES string of the molecule is CN(C)/C=N/c1sc(/C=C/c2cc(C#N)c(/N=C/N(C)C)s2)cc1C#N. The van der Waals surface area contributed by atoms with Gasteiger partial charge in [0.2, 0.25) is 0 Å². The van der Waals surface area contributed by atoms with Crippen molar-refractivity contribution in [2.24, 2.45) is 9.98 Å². The normalized spacial score (nSPS) is 11.3. The zero-order valence-electron chi connectivity index (χ0n) is 15.0. The fraction of sp³-hybridized carbons (Fsp3) is 0.222. The van der Waals surface area contributed by atoms with Crippen molar-refractivity contribution < 1.29 is 0 Å². The van der Waals surface area contributed by atoms with Gasteiger partial charge in [0.25, 0.3) is 0 Å². The number of nitrogens with zero attached hydrogens (tertiary/aromatic N) is 6. The van der Waals surface area contributed by atoms with E-state index in [9.17, 15) is 10.5 Å². The van der Waals surface area contributed by atoms with Gasteiger partial charge >= 0.3 is 0 Å². The Hall–Kier alpha value is -2.94. The highest BCUT2D eigenvalue weighted by atomic mass is 32.1. The van der Waals surface area contributed by atoms with Crippen molar-refractivity contribution >= 4 is 57.5 Å². The Balaban J connectivity index is 2.25. The Labute approximate surface area is 161 Å². The first kappa shape index (κ1) is 19.4.